The lowest BCUT2D eigenvalue weighted by atomic mass is 10.1. The van der Waals surface area contributed by atoms with Gasteiger partial charge >= 0.3 is 0 Å². The minimum atomic E-state index is -0.175. The number of hydrogen-bond donors (Lipinski definition) is 1. The van der Waals surface area contributed by atoms with Crippen LogP contribution in [-0.4, -0.2) is 23.5 Å². The molecule has 0 aliphatic carbocycles. The number of hydrogen-bond acceptors (Lipinski definition) is 4. The van der Waals surface area contributed by atoms with E-state index in [4.69, 9.17) is 16.3 Å². The van der Waals surface area contributed by atoms with Crippen LogP contribution in [0.5, 0.6) is 5.75 Å². The third kappa shape index (κ3) is 4.21. The third-order valence-electron chi connectivity index (χ3n) is 4.26. The average molecular weight is 397 g/mol. The molecule has 0 fully saturated rings. The molecule has 2 aromatic heterocycles. The number of ether oxygens (including phenoxy) is 1. The number of amides is 1. The summed E-state index contributed by atoms with van der Waals surface area (Å²) >= 11 is 8.09. The quantitative estimate of drug-likeness (QED) is 0.641. The Kier molecular flexibility index (Phi) is 5.23. The summed E-state index contributed by atoms with van der Waals surface area (Å²) in [6.07, 6.45) is 5.45. The normalized spacial score (nSPS) is 15.5. The summed E-state index contributed by atoms with van der Waals surface area (Å²) in [6.45, 7) is 0.421. The second-order valence-corrected chi connectivity index (χ2v) is 7.56. The lowest BCUT2D eigenvalue weighted by molar-refractivity contribution is -0.116. The van der Waals surface area contributed by atoms with E-state index >= 15 is 0 Å². The van der Waals surface area contributed by atoms with E-state index in [1.165, 1.54) is 11.0 Å². The second kappa shape index (κ2) is 7.94. The molecule has 0 saturated carbocycles. The Morgan fingerprint density at radius 3 is 3.04 bits per heavy atom. The van der Waals surface area contributed by atoms with Crippen molar-refractivity contribution in [3.8, 4) is 16.2 Å². The number of nitrogens with zero attached hydrogens (tertiary/aromatic N) is 1. The number of benzene rings is 1. The zero-order valence-electron chi connectivity index (χ0n) is 14.4. The highest BCUT2D eigenvalue weighted by Gasteiger charge is 2.26. The molecule has 1 amide bonds. The average Bonchev–Trinajstić information content (AvgIpc) is 3.35. The van der Waals surface area contributed by atoms with Gasteiger partial charge in [0.1, 0.15) is 11.9 Å². The van der Waals surface area contributed by atoms with Crippen LogP contribution in [0, 0.1) is 0 Å². The van der Waals surface area contributed by atoms with Gasteiger partial charge in [0.25, 0.3) is 0 Å². The van der Waals surface area contributed by atoms with Crippen LogP contribution in [0.25, 0.3) is 16.5 Å². The van der Waals surface area contributed by atoms with Gasteiger partial charge in [-0.25, -0.2) is 0 Å². The number of pyridine rings is 1. The maximum Gasteiger partial charge on any atom is 0.244 e. The number of fused-ring (bicyclic) bond motifs is 1. The van der Waals surface area contributed by atoms with Crippen LogP contribution in [-0.2, 0) is 11.2 Å². The minimum absolute atomic E-state index is 0.122. The molecule has 136 valence electrons. The first-order chi connectivity index (χ1) is 13.2. The zero-order chi connectivity index (χ0) is 18.6. The summed E-state index contributed by atoms with van der Waals surface area (Å²) in [5.41, 5.74) is 2.92. The topological polar surface area (TPSA) is 51.2 Å². The van der Waals surface area contributed by atoms with Crippen molar-refractivity contribution in [1.29, 1.82) is 0 Å². The molecule has 4 rings (SSSR count). The van der Waals surface area contributed by atoms with E-state index in [0.717, 1.165) is 29.0 Å². The van der Waals surface area contributed by atoms with E-state index in [-0.39, 0.29) is 12.0 Å². The molecule has 6 heteroatoms. The van der Waals surface area contributed by atoms with Gasteiger partial charge in [0, 0.05) is 29.1 Å². The maximum absolute atomic E-state index is 12.0. The first kappa shape index (κ1) is 17.8. The summed E-state index contributed by atoms with van der Waals surface area (Å²) in [4.78, 5) is 17.3. The fourth-order valence-electron chi connectivity index (χ4n) is 3.00. The molecule has 0 radical (unpaired) electrons. The number of carbonyl (C=O) groups is 1. The van der Waals surface area contributed by atoms with Crippen molar-refractivity contribution in [2.45, 2.75) is 12.5 Å². The third-order valence-corrected chi connectivity index (χ3v) is 5.46. The lowest BCUT2D eigenvalue weighted by Crippen LogP contribution is -2.33. The molecule has 1 aliphatic rings. The first-order valence-corrected chi connectivity index (χ1v) is 9.85. The molecule has 1 unspecified atom stereocenters. The summed E-state index contributed by atoms with van der Waals surface area (Å²) in [7, 11) is 0. The highest BCUT2D eigenvalue weighted by Crippen LogP contribution is 2.40. The molecule has 27 heavy (non-hydrogen) atoms. The Morgan fingerprint density at radius 1 is 1.33 bits per heavy atom. The van der Waals surface area contributed by atoms with E-state index < -0.39 is 0 Å². The molecule has 1 N–H and O–H groups in total. The Balaban J connectivity index is 1.37. The zero-order valence-corrected chi connectivity index (χ0v) is 16.0. The standard InChI is InChI=1S/C21H17ClN2O2S/c22-18-12-14(19-5-3-9-27-19)10-15-11-17(26-21(15)18)13-24-20(25)7-6-16-4-1-2-8-23-16/h1-10,12,17H,11,13H2,(H,24,25)/b7-6+. The molecule has 4 nitrogen and oxygen atoms in total. The number of rotatable bonds is 5. The molecule has 1 atom stereocenters. The number of aromatic nitrogens is 1. The van der Waals surface area contributed by atoms with E-state index in [2.05, 4.69) is 22.4 Å². The van der Waals surface area contributed by atoms with Gasteiger partial charge < -0.3 is 10.1 Å². The van der Waals surface area contributed by atoms with Gasteiger partial charge in [-0.3, -0.25) is 9.78 Å². The molecule has 3 heterocycles. The number of carbonyl (C=O) groups excluding carboxylic acids is 1. The van der Waals surface area contributed by atoms with Crippen LogP contribution in [0.2, 0.25) is 5.02 Å². The van der Waals surface area contributed by atoms with Crippen LogP contribution in [0.4, 0.5) is 0 Å². The van der Waals surface area contributed by atoms with Crippen molar-refractivity contribution in [3.05, 3.63) is 76.4 Å². The molecule has 1 aromatic carbocycles. The molecule has 0 spiro atoms. The molecule has 0 bridgehead atoms. The molecule has 1 aliphatic heterocycles. The van der Waals surface area contributed by atoms with Crippen molar-refractivity contribution in [2.24, 2.45) is 0 Å². The Morgan fingerprint density at radius 2 is 2.26 bits per heavy atom. The maximum atomic E-state index is 12.0. The summed E-state index contributed by atoms with van der Waals surface area (Å²) in [5.74, 6) is 0.547. The number of nitrogens with one attached hydrogen (secondary N) is 1. The van der Waals surface area contributed by atoms with Crippen molar-refractivity contribution >= 4 is 34.9 Å². The van der Waals surface area contributed by atoms with Gasteiger partial charge in [-0.1, -0.05) is 23.7 Å². The second-order valence-electron chi connectivity index (χ2n) is 6.20. The van der Waals surface area contributed by atoms with Crippen molar-refractivity contribution in [1.82, 2.24) is 10.3 Å². The fourth-order valence-corrected chi connectivity index (χ4v) is 3.99. The predicted molar refractivity (Wildman–Crippen MR) is 109 cm³/mol. The van der Waals surface area contributed by atoms with E-state index in [9.17, 15) is 4.79 Å². The van der Waals surface area contributed by atoms with Crippen LogP contribution in [0.15, 0.2) is 60.1 Å². The van der Waals surface area contributed by atoms with E-state index in [1.807, 2.05) is 35.7 Å². The van der Waals surface area contributed by atoms with Gasteiger partial charge in [-0.2, -0.15) is 0 Å². The van der Waals surface area contributed by atoms with Crippen molar-refractivity contribution in [3.63, 3.8) is 0 Å². The number of halogens is 1. The monoisotopic (exact) mass is 396 g/mol. The predicted octanol–water partition coefficient (Wildman–Crippen LogP) is 4.60. The summed E-state index contributed by atoms with van der Waals surface area (Å²) < 4.78 is 5.94. The van der Waals surface area contributed by atoms with Crippen LogP contribution in [0.1, 0.15) is 11.3 Å². The Hall–Kier alpha value is -2.63. The Labute approximate surface area is 166 Å². The molecular formula is C21H17ClN2O2S. The molecule has 3 aromatic rings. The van der Waals surface area contributed by atoms with Gasteiger partial charge in [0.2, 0.25) is 5.91 Å². The van der Waals surface area contributed by atoms with E-state index in [1.54, 1.807) is 23.6 Å². The highest BCUT2D eigenvalue weighted by atomic mass is 35.5. The SMILES string of the molecule is O=C(/C=C/c1ccccn1)NCC1Cc2cc(-c3cccs3)cc(Cl)c2O1. The lowest BCUT2D eigenvalue weighted by Gasteiger charge is -2.11. The Bertz CT molecular complexity index is 971. The smallest absolute Gasteiger partial charge is 0.244 e. The summed E-state index contributed by atoms with van der Waals surface area (Å²) in [6, 6.07) is 13.7. The van der Waals surface area contributed by atoms with Crippen molar-refractivity contribution in [2.75, 3.05) is 6.54 Å². The van der Waals surface area contributed by atoms with Crippen LogP contribution < -0.4 is 10.1 Å². The molecule has 0 saturated heterocycles. The van der Waals surface area contributed by atoms with Crippen LogP contribution in [0.3, 0.4) is 0 Å². The number of thiophene rings is 1. The van der Waals surface area contributed by atoms with Gasteiger partial charge in [0.05, 0.1) is 17.3 Å². The van der Waals surface area contributed by atoms with E-state index in [0.29, 0.717) is 11.6 Å². The fraction of sp³-hybridized carbons (Fsp3) is 0.143. The molecular weight excluding hydrogens is 380 g/mol. The van der Waals surface area contributed by atoms with Gasteiger partial charge in [0.15, 0.2) is 0 Å². The van der Waals surface area contributed by atoms with Gasteiger partial charge in [-0.05, 0) is 47.4 Å². The van der Waals surface area contributed by atoms with Crippen LogP contribution >= 0.6 is 22.9 Å². The largest absolute Gasteiger partial charge is 0.486 e. The van der Waals surface area contributed by atoms with Gasteiger partial charge in [-0.15, -0.1) is 11.3 Å². The van der Waals surface area contributed by atoms with Crippen molar-refractivity contribution < 1.29 is 9.53 Å². The highest BCUT2D eigenvalue weighted by molar-refractivity contribution is 7.13. The first-order valence-electron chi connectivity index (χ1n) is 8.59. The summed E-state index contributed by atoms with van der Waals surface area (Å²) in [5, 5.41) is 5.53. The minimum Gasteiger partial charge on any atom is -0.486 e.